The van der Waals surface area contributed by atoms with Gasteiger partial charge < -0.3 is 5.11 Å². The van der Waals surface area contributed by atoms with Crippen molar-refractivity contribution in [2.24, 2.45) is 0 Å². The van der Waals surface area contributed by atoms with Crippen LogP contribution in [0.4, 0.5) is 4.39 Å². The average molecular weight is 485 g/mol. The number of carbonyl (C=O) groups excluding carboxylic acids is 1. The average Bonchev–Trinajstić information content (AvgIpc) is 3.23. The molecular weight excluding hydrogens is 467 g/mol. The third-order valence-electron chi connectivity index (χ3n) is 5.87. The van der Waals surface area contributed by atoms with Gasteiger partial charge in [-0.2, -0.15) is 9.78 Å². The van der Waals surface area contributed by atoms with E-state index in [2.05, 4.69) is 5.10 Å². The van der Waals surface area contributed by atoms with Gasteiger partial charge in [0.1, 0.15) is 11.5 Å². The number of carboxylic acid groups (broad SMARTS) is 1. The van der Waals surface area contributed by atoms with E-state index in [0.717, 1.165) is 5.56 Å². The normalized spacial score (nSPS) is 11.1. The van der Waals surface area contributed by atoms with Gasteiger partial charge >= 0.3 is 5.97 Å². The highest BCUT2D eigenvalue weighted by molar-refractivity contribution is 6.34. The lowest BCUT2D eigenvalue weighted by Gasteiger charge is -2.09. The Morgan fingerprint density at radius 2 is 1.57 bits per heavy atom. The van der Waals surface area contributed by atoms with E-state index in [-0.39, 0.29) is 11.4 Å². The summed E-state index contributed by atoms with van der Waals surface area (Å²) >= 11 is 6.38. The molecule has 0 saturated heterocycles. The van der Waals surface area contributed by atoms with Gasteiger partial charge in [-0.15, -0.1) is 0 Å². The maximum Gasteiger partial charge on any atom is 0.335 e. The Kier molecular flexibility index (Phi) is 5.67. The second-order valence-corrected chi connectivity index (χ2v) is 8.53. The van der Waals surface area contributed by atoms with E-state index in [1.54, 1.807) is 55.5 Å². The molecule has 7 heteroatoms. The molecule has 0 radical (unpaired) electrons. The topological polar surface area (TPSA) is 72.2 Å². The highest BCUT2D eigenvalue weighted by atomic mass is 35.5. The molecular formula is C28H18ClFN2O3. The van der Waals surface area contributed by atoms with Gasteiger partial charge in [-0.3, -0.25) is 4.79 Å². The molecule has 0 unspecified atom stereocenters. The van der Waals surface area contributed by atoms with E-state index >= 15 is 0 Å². The lowest BCUT2D eigenvalue weighted by Crippen LogP contribution is -2.15. The summed E-state index contributed by atoms with van der Waals surface area (Å²) in [5.41, 5.74) is 4.26. The number of carboxylic acids is 1. The van der Waals surface area contributed by atoms with Crippen molar-refractivity contribution in [2.75, 3.05) is 0 Å². The van der Waals surface area contributed by atoms with Gasteiger partial charge in [0.2, 0.25) is 0 Å². The van der Waals surface area contributed by atoms with Crippen molar-refractivity contribution in [1.82, 2.24) is 9.78 Å². The molecule has 1 N–H and O–H groups in total. The number of aromatic nitrogens is 2. The first-order valence-corrected chi connectivity index (χ1v) is 11.1. The van der Waals surface area contributed by atoms with Crippen LogP contribution in [0.15, 0.2) is 84.9 Å². The van der Waals surface area contributed by atoms with Gasteiger partial charge in [-0.25, -0.2) is 9.18 Å². The summed E-state index contributed by atoms with van der Waals surface area (Å²) < 4.78 is 15.2. The summed E-state index contributed by atoms with van der Waals surface area (Å²) in [5.74, 6) is -1.79. The van der Waals surface area contributed by atoms with Gasteiger partial charge in [0.25, 0.3) is 5.91 Å². The third-order valence-corrected chi connectivity index (χ3v) is 6.19. The van der Waals surface area contributed by atoms with Crippen molar-refractivity contribution < 1.29 is 19.1 Å². The van der Waals surface area contributed by atoms with Crippen LogP contribution in [0.5, 0.6) is 0 Å². The lowest BCUT2D eigenvalue weighted by molar-refractivity contribution is 0.0696. The molecule has 5 aromatic rings. The lowest BCUT2D eigenvalue weighted by atomic mass is 10.0. The zero-order valence-electron chi connectivity index (χ0n) is 18.5. The predicted molar refractivity (Wildman–Crippen MR) is 133 cm³/mol. The van der Waals surface area contributed by atoms with Crippen molar-refractivity contribution in [3.63, 3.8) is 0 Å². The van der Waals surface area contributed by atoms with E-state index < -0.39 is 11.9 Å². The molecule has 0 aliphatic carbocycles. The molecule has 0 aliphatic heterocycles. The molecule has 0 saturated carbocycles. The summed E-state index contributed by atoms with van der Waals surface area (Å²) in [6.45, 7) is 1.80. The number of carbonyl (C=O) groups is 2. The highest BCUT2D eigenvalue weighted by Gasteiger charge is 2.22. The van der Waals surface area contributed by atoms with Gasteiger partial charge in [-0.05, 0) is 66.1 Å². The highest BCUT2D eigenvalue weighted by Crippen LogP contribution is 2.33. The molecule has 0 aliphatic rings. The Morgan fingerprint density at radius 3 is 2.26 bits per heavy atom. The van der Waals surface area contributed by atoms with Crippen LogP contribution in [-0.2, 0) is 0 Å². The number of hydrogen-bond donors (Lipinski definition) is 1. The van der Waals surface area contributed by atoms with Crippen molar-refractivity contribution in [2.45, 2.75) is 6.92 Å². The van der Waals surface area contributed by atoms with Crippen LogP contribution in [0.3, 0.4) is 0 Å². The van der Waals surface area contributed by atoms with E-state index in [9.17, 15) is 19.1 Å². The Bertz CT molecular complexity index is 1600. The zero-order valence-corrected chi connectivity index (χ0v) is 19.3. The van der Waals surface area contributed by atoms with Crippen molar-refractivity contribution >= 4 is 34.4 Å². The van der Waals surface area contributed by atoms with Crippen molar-refractivity contribution in [1.29, 1.82) is 0 Å². The molecule has 5 rings (SSSR count). The molecule has 5 nitrogen and oxygen atoms in total. The quantitative estimate of drug-likeness (QED) is 0.302. The predicted octanol–water partition coefficient (Wildman–Crippen LogP) is 6.86. The summed E-state index contributed by atoms with van der Waals surface area (Å²) in [4.78, 5) is 24.9. The van der Waals surface area contributed by atoms with Gasteiger partial charge in [0.15, 0.2) is 0 Å². The number of nitrogens with zero attached hydrogens (tertiary/aromatic N) is 2. The Hall–Kier alpha value is -4.29. The monoisotopic (exact) mass is 484 g/mol. The van der Waals surface area contributed by atoms with Crippen molar-refractivity contribution in [3.8, 4) is 22.4 Å². The standard InChI is InChI=1S/C28H18ClFN2O3/c1-16-4-2-7-23(29)25(16)27(33)32-24-15-20(19-5-3-6-21(30)14-19)12-13-22(24)26(31-32)17-8-10-18(11-9-17)28(34)35/h2-15H,1H3,(H,34,35). The molecule has 172 valence electrons. The second kappa shape index (κ2) is 8.81. The first-order valence-electron chi connectivity index (χ1n) is 10.8. The van der Waals surface area contributed by atoms with E-state index in [4.69, 9.17) is 11.6 Å². The van der Waals surface area contributed by atoms with Gasteiger partial charge in [-0.1, -0.05) is 54.1 Å². The number of hydrogen-bond acceptors (Lipinski definition) is 3. The van der Waals surface area contributed by atoms with Crippen LogP contribution in [0.1, 0.15) is 26.3 Å². The second-order valence-electron chi connectivity index (χ2n) is 8.12. The van der Waals surface area contributed by atoms with Crippen LogP contribution in [0.25, 0.3) is 33.3 Å². The van der Waals surface area contributed by atoms with Gasteiger partial charge in [0.05, 0.1) is 21.7 Å². The van der Waals surface area contributed by atoms with Crippen LogP contribution in [-0.4, -0.2) is 26.8 Å². The van der Waals surface area contributed by atoms with E-state index in [1.807, 2.05) is 12.1 Å². The fraction of sp³-hybridized carbons (Fsp3) is 0.0357. The SMILES string of the molecule is Cc1cccc(Cl)c1C(=O)n1nc(-c2ccc(C(=O)O)cc2)c2ccc(-c3cccc(F)c3)cc21. The summed E-state index contributed by atoms with van der Waals surface area (Å²) in [5, 5.41) is 14.9. The number of halogens is 2. The number of aryl methyl sites for hydroxylation is 1. The summed E-state index contributed by atoms with van der Waals surface area (Å²) in [6.07, 6.45) is 0. The molecule has 0 fully saturated rings. The number of rotatable bonds is 4. The van der Waals surface area contributed by atoms with Crippen LogP contribution in [0, 0.1) is 12.7 Å². The zero-order chi connectivity index (χ0) is 24.7. The first kappa shape index (κ1) is 22.5. The largest absolute Gasteiger partial charge is 0.478 e. The van der Waals surface area contributed by atoms with E-state index in [1.165, 1.54) is 28.9 Å². The molecule has 1 aromatic heterocycles. The molecule has 0 atom stereocenters. The molecule has 35 heavy (non-hydrogen) atoms. The minimum atomic E-state index is -1.03. The number of fused-ring (bicyclic) bond motifs is 1. The Morgan fingerprint density at radius 1 is 0.886 bits per heavy atom. The third kappa shape index (κ3) is 4.09. The number of aromatic carboxylic acids is 1. The maximum absolute atomic E-state index is 13.9. The fourth-order valence-corrected chi connectivity index (χ4v) is 4.41. The maximum atomic E-state index is 13.9. The fourth-order valence-electron chi connectivity index (χ4n) is 4.11. The van der Waals surface area contributed by atoms with Crippen molar-refractivity contribution in [3.05, 3.63) is 112 Å². The first-order chi connectivity index (χ1) is 16.8. The Labute approximate surface area is 205 Å². The molecule has 0 amide bonds. The smallest absolute Gasteiger partial charge is 0.335 e. The van der Waals surface area contributed by atoms with Crippen LogP contribution < -0.4 is 0 Å². The molecule has 4 aromatic carbocycles. The van der Waals surface area contributed by atoms with Gasteiger partial charge in [0, 0.05) is 10.9 Å². The summed E-state index contributed by atoms with van der Waals surface area (Å²) in [6, 6.07) is 23.2. The van der Waals surface area contributed by atoms with Crippen LogP contribution in [0.2, 0.25) is 5.02 Å². The molecule has 0 bridgehead atoms. The minimum absolute atomic E-state index is 0.147. The number of benzene rings is 4. The molecule has 0 spiro atoms. The molecule has 1 heterocycles. The van der Waals surface area contributed by atoms with Crippen LogP contribution >= 0.6 is 11.6 Å². The Balaban J connectivity index is 1.74. The minimum Gasteiger partial charge on any atom is -0.478 e. The van der Waals surface area contributed by atoms with E-state index in [0.29, 0.717) is 43.9 Å². The summed E-state index contributed by atoms with van der Waals surface area (Å²) in [7, 11) is 0.